The number of piperidine rings is 1. The fourth-order valence-electron chi connectivity index (χ4n) is 7.74. The summed E-state index contributed by atoms with van der Waals surface area (Å²) in [5.41, 5.74) is -0.384. The third kappa shape index (κ3) is 15.1. The van der Waals surface area contributed by atoms with Gasteiger partial charge >= 0.3 is 12.1 Å². The molecular formula is C45H71FN6O7S. The van der Waals surface area contributed by atoms with Gasteiger partial charge in [-0.1, -0.05) is 78.9 Å². The molecule has 1 aliphatic heterocycles. The Kier molecular flexibility index (Phi) is 20.4. The lowest BCUT2D eigenvalue weighted by atomic mass is 9.84. The third-order valence-electron chi connectivity index (χ3n) is 11.7. The normalized spacial score (nSPS) is 17.2. The van der Waals surface area contributed by atoms with Crippen LogP contribution in [-0.4, -0.2) is 101 Å². The molecule has 4 N–H and O–H groups in total. The highest BCUT2D eigenvalue weighted by Gasteiger charge is 2.39. The molecular weight excluding hydrogens is 788 g/mol. The molecule has 15 heteroatoms. The van der Waals surface area contributed by atoms with Gasteiger partial charge in [0, 0.05) is 37.0 Å². The van der Waals surface area contributed by atoms with E-state index in [1.807, 2.05) is 39.6 Å². The number of aromatic nitrogens is 1. The minimum atomic E-state index is -1.18. The van der Waals surface area contributed by atoms with Gasteiger partial charge in [-0.2, -0.15) is 0 Å². The quantitative estimate of drug-likeness (QED) is 0.0772. The van der Waals surface area contributed by atoms with Crippen LogP contribution in [0, 0.1) is 23.1 Å². The number of hydrogen-bond donors (Lipinski definition) is 4. The molecule has 4 amide bonds. The lowest BCUT2D eigenvalue weighted by molar-refractivity contribution is -0.147. The number of likely N-dealkylation sites (N-methyl/N-ethyl adjacent to an activating group) is 1. The molecule has 0 bridgehead atoms. The Morgan fingerprint density at radius 3 is 2.33 bits per heavy atom. The Morgan fingerprint density at radius 2 is 1.73 bits per heavy atom. The molecule has 3 rings (SSSR count). The van der Waals surface area contributed by atoms with Crippen LogP contribution in [0.3, 0.4) is 0 Å². The first kappa shape index (κ1) is 50.2. The number of carbonyl (C=O) groups is 5. The predicted molar refractivity (Wildman–Crippen MR) is 233 cm³/mol. The minimum Gasteiger partial charge on any atom is -0.481 e. The summed E-state index contributed by atoms with van der Waals surface area (Å²) >= 11 is 1.16. The summed E-state index contributed by atoms with van der Waals surface area (Å²) in [6.45, 7) is 16.7. The van der Waals surface area contributed by atoms with Crippen LogP contribution in [0.15, 0.2) is 29.6 Å². The summed E-state index contributed by atoms with van der Waals surface area (Å²) in [4.78, 5) is 76.3. The second-order valence-electron chi connectivity index (χ2n) is 17.4. The zero-order chi connectivity index (χ0) is 44.6. The van der Waals surface area contributed by atoms with E-state index in [-0.39, 0.29) is 54.6 Å². The number of hydrogen-bond acceptors (Lipinski definition) is 9. The SMILES string of the molecule is CCCCCCN(C(=O)[C@@H](NC(=O)[C@H]1CCCCN1C)[C@@H](C)CC)[C@H](C[C@@H](OC(=O)NCC)c1nc(C(=O)N[C@@H](Cc2ccc(F)cc2)CC(C)(C)C(=O)O)cs1)C(C)C. The second kappa shape index (κ2) is 24.4. The first-order valence-corrected chi connectivity index (χ1v) is 22.8. The number of thiazole rings is 1. The van der Waals surface area contributed by atoms with Gasteiger partial charge in [-0.3, -0.25) is 24.1 Å². The maximum atomic E-state index is 14.9. The lowest BCUT2D eigenvalue weighted by Crippen LogP contribution is -2.59. The number of carboxylic acids is 1. The van der Waals surface area contributed by atoms with Crippen molar-refractivity contribution in [2.45, 2.75) is 156 Å². The van der Waals surface area contributed by atoms with Crippen molar-refractivity contribution in [3.8, 4) is 0 Å². The molecule has 13 nitrogen and oxygen atoms in total. The van der Waals surface area contributed by atoms with Crippen LogP contribution in [0.4, 0.5) is 9.18 Å². The summed E-state index contributed by atoms with van der Waals surface area (Å²) in [5, 5.41) is 20.6. The molecule has 0 aliphatic carbocycles. The summed E-state index contributed by atoms with van der Waals surface area (Å²) in [6.07, 6.45) is 6.07. The number of nitrogens with zero attached hydrogens (tertiary/aromatic N) is 3. The molecule has 1 fully saturated rings. The molecule has 336 valence electrons. The van der Waals surface area contributed by atoms with E-state index in [9.17, 15) is 33.5 Å². The van der Waals surface area contributed by atoms with Crippen LogP contribution in [0.5, 0.6) is 0 Å². The maximum Gasteiger partial charge on any atom is 0.407 e. The largest absolute Gasteiger partial charge is 0.481 e. The number of rotatable bonds is 24. The van der Waals surface area contributed by atoms with E-state index in [2.05, 4.69) is 32.8 Å². The highest BCUT2D eigenvalue weighted by molar-refractivity contribution is 7.09. The average molecular weight is 859 g/mol. The van der Waals surface area contributed by atoms with E-state index in [1.54, 1.807) is 38.3 Å². The highest BCUT2D eigenvalue weighted by Crippen LogP contribution is 2.32. The van der Waals surface area contributed by atoms with Crippen LogP contribution in [-0.2, 0) is 25.5 Å². The van der Waals surface area contributed by atoms with Crippen LogP contribution < -0.4 is 16.0 Å². The van der Waals surface area contributed by atoms with Crippen molar-refractivity contribution in [3.05, 3.63) is 51.7 Å². The summed E-state index contributed by atoms with van der Waals surface area (Å²) in [7, 11) is 1.95. The molecule has 1 aromatic carbocycles. The van der Waals surface area contributed by atoms with E-state index >= 15 is 0 Å². The number of halogens is 1. The van der Waals surface area contributed by atoms with Gasteiger partial charge in [-0.05, 0) is 96.0 Å². The number of carboxylic acid groups (broad SMARTS) is 1. The fraction of sp³-hybridized carbons (Fsp3) is 0.689. The number of aliphatic carboxylic acids is 1. The zero-order valence-electron chi connectivity index (χ0n) is 37.4. The zero-order valence-corrected chi connectivity index (χ0v) is 38.2. The Bertz CT molecular complexity index is 1690. The molecule has 0 radical (unpaired) electrons. The Hall–Kier alpha value is -4.11. The van der Waals surface area contributed by atoms with Gasteiger partial charge < -0.3 is 30.7 Å². The number of amides is 4. The molecule has 0 saturated carbocycles. The Labute approximate surface area is 361 Å². The molecule has 1 aliphatic rings. The first-order chi connectivity index (χ1) is 28.4. The number of alkyl carbamates (subject to hydrolysis) is 1. The van der Waals surface area contributed by atoms with E-state index in [1.165, 1.54) is 12.1 Å². The maximum absolute atomic E-state index is 14.9. The van der Waals surface area contributed by atoms with Gasteiger partial charge in [-0.15, -0.1) is 11.3 Å². The number of ether oxygens (including phenoxy) is 1. The molecule has 2 heterocycles. The number of benzene rings is 1. The lowest BCUT2D eigenvalue weighted by Gasteiger charge is -2.40. The Morgan fingerprint density at radius 1 is 1.03 bits per heavy atom. The van der Waals surface area contributed by atoms with Gasteiger partial charge in [-0.25, -0.2) is 14.2 Å². The van der Waals surface area contributed by atoms with E-state index in [0.29, 0.717) is 24.5 Å². The van der Waals surface area contributed by atoms with E-state index < -0.39 is 53.4 Å². The standard InChI is InChI=1S/C45H71FN6O7S/c1-10-13-14-16-24-52(42(55)38(30(6)11-2)50-40(54)35-18-15-17-23-51(35)9)36(29(4)5)26-37(59-44(58)47-12-3)41-49-34(28-60-41)39(53)48-33(27-45(7,8)43(56)57)25-31-19-21-32(46)22-20-31/h19-22,28-30,33,35-38H,10-18,23-27H2,1-9H3,(H,47,58)(H,48,53)(H,50,54)(H,56,57)/t30-,33-,35+,36+,37+,38-/m0/s1. The van der Waals surface area contributed by atoms with E-state index in [4.69, 9.17) is 4.74 Å². The second-order valence-corrected chi connectivity index (χ2v) is 18.3. The van der Waals surface area contributed by atoms with Crippen molar-refractivity contribution in [2.75, 3.05) is 26.7 Å². The van der Waals surface area contributed by atoms with Gasteiger partial charge in [0.1, 0.15) is 22.6 Å². The number of carbonyl (C=O) groups excluding carboxylic acids is 4. The summed E-state index contributed by atoms with van der Waals surface area (Å²) in [6, 6.07) is 3.73. The first-order valence-electron chi connectivity index (χ1n) is 21.9. The molecule has 2 aromatic rings. The fourth-order valence-corrected chi connectivity index (χ4v) is 8.58. The number of likely N-dealkylation sites (tertiary alicyclic amines) is 1. The van der Waals surface area contributed by atoms with Crippen LogP contribution in [0.2, 0.25) is 0 Å². The van der Waals surface area contributed by atoms with Crippen LogP contribution >= 0.6 is 11.3 Å². The van der Waals surface area contributed by atoms with Crippen LogP contribution in [0.25, 0.3) is 0 Å². The molecule has 6 atom stereocenters. The molecule has 60 heavy (non-hydrogen) atoms. The van der Waals surface area contributed by atoms with E-state index in [0.717, 1.165) is 68.4 Å². The molecule has 0 unspecified atom stereocenters. The van der Waals surface area contributed by atoms with Gasteiger partial charge in [0.15, 0.2) is 6.10 Å². The van der Waals surface area contributed by atoms with Gasteiger partial charge in [0.2, 0.25) is 11.8 Å². The van der Waals surface area contributed by atoms with Gasteiger partial charge in [0.05, 0.1) is 11.5 Å². The van der Waals surface area contributed by atoms with Gasteiger partial charge in [0.25, 0.3) is 5.91 Å². The van der Waals surface area contributed by atoms with Crippen molar-refractivity contribution in [2.24, 2.45) is 17.3 Å². The summed E-state index contributed by atoms with van der Waals surface area (Å²) < 4.78 is 19.7. The van der Waals surface area contributed by atoms with Crippen LogP contribution in [0.1, 0.15) is 147 Å². The molecule has 0 spiro atoms. The number of nitrogens with one attached hydrogen (secondary N) is 3. The topological polar surface area (TPSA) is 170 Å². The Balaban J connectivity index is 1.98. The molecule has 1 aromatic heterocycles. The third-order valence-corrected chi connectivity index (χ3v) is 12.6. The van der Waals surface area contributed by atoms with Crippen molar-refractivity contribution in [1.82, 2.24) is 30.7 Å². The summed E-state index contributed by atoms with van der Waals surface area (Å²) in [5.74, 6) is -2.50. The molecule has 1 saturated heterocycles. The monoisotopic (exact) mass is 859 g/mol. The van der Waals surface area contributed by atoms with Crippen molar-refractivity contribution < 1.29 is 38.2 Å². The average Bonchev–Trinajstić information content (AvgIpc) is 3.70. The minimum absolute atomic E-state index is 0.0672. The van der Waals surface area contributed by atoms with Crippen molar-refractivity contribution in [1.29, 1.82) is 0 Å². The van der Waals surface area contributed by atoms with Crippen molar-refractivity contribution in [3.63, 3.8) is 0 Å². The number of unbranched alkanes of at least 4 members (excludes halogenated alkanes) is 3. The highest BCUT2D eigenvalue weighted by atomic mass is 32.1. The van der Waals surface area contributed by atoms with Crippen molar-refractivity contribution >= 4 is 41.1 Å². The predicted octanol–water partition coefficient (Wildman–Crippen LogP) is 7.75. The smallest absolute Gasteiger partial charge is 0.407 e.